The predicted molar refractivity (Wildman–Crippen MR) is 96.2 cm³/mol. The molecule has 0 bridgehead atoms. The molecule has 150 valence electrons. The fraction of sp³-hybridized carbons (Fsp3) is 0.353. The second-order valence-corrected chi connectivity index (χ2v) is 7.91. The molecule has 10 nitrogen and oxygen atoms in total. The lowest BCUT2D eigenvalue weighted by Gasteiger charge is -2.26. The lowest BCUT2D eigenvalue weighted by Crippen LogP contribution is -2.40. The minimum atomic E-state index is -3.77. The molecule has 1 aliphatic heterocycles. The average Bonchev–Trinajstić information content (AvgIpc) is 3.20. The van der Waals surface area contributed by atoms with Crippen molar-refractivity contribution in [3.8, 4) is 0 Å². The Morgan fingerprint density at radius 3 is 2.68 bits per heavy atom. The van der Waals surface area contributed by atoms with Gasteiger partial charge < -0.3 is 19.3 Å². The largest absolute Gasteiger partial charge is 0.452 e. The van der Waals surface area contributed by atoms with Crippen LogP contribution in [0.15, 0.2) is 39.9 Å². The van der Waals surface area contributed by atoms with Crippen molar-refractivity contribution in [1.29, 1.82) is 0 Å². The highest BCUT2D eigenvalue weighted by Crippen LogP contribution is 2.22. The van der Waals surface area contributed by atoms with E-state index in [1.807, 2.05) is 0 Å². The number of nitrogens with zero attached hydrogens (tertiary/aromatic N) is 2. The lowest BCUT2D eigenvalue weighted by molar-refractivity contribution is -0.119. The molecule has 0 unspecified atom stereocenters. The molecule has 1 N–H and O–H groups in total. The number of amides is 1. The number of carbonyl (C=O) groups is 2. The molecule has 1 fully saturated rings. The molecule has 11 heteroatoms. The number of aryl methyl sites for hydroxylation is 1. The van der Waals surface area contributed by atoms with E-state index in [0.29, 0.717) is 18.8 Å². The Hall–Kier alpha value is -2.76. The van der Waals surface area contributed by atoms with E-state index in [0.717, 1.165) is 0 Å². The van der Waals surface area contributed by atoms with Crippen molar-refractivity contribution in [3.63, 3.8) is 0 Å². The van der Waals surface area contributed by atoms with Crippen molar-refractivity contribution in [2.75, 3.05) is 38.2 Å². The normalized spacial score (nSPS) is 15.2. The van der Waals surface area contributed by atoms with Crippen molar-refractivity contribution in [3.05, 3.63) is 41.7 Å². The molecule has 28 heavy (non-hydrogen) atoms. The van der Waals surface area contributed by atoms with Crippen LogP contribution in [0.1, 0.15) is 15.9 Å². The second-order valence-electron chi connectivity index (χ2n) is 6.01. The number of ether oxygens (including phenoxy) is 2. The van der Waals surface area contributed by atoms with E-state index < -0.39 is 28.5 Å². The van der Waals surface area contributed by atoms with Gasteiger partial charge in [0, 0.05) is 19.2 Å². The smallest absolute Gasteiger partial charge is 0.338 e. The minimum absolute atomic E-state index is 0.0240. The third-order valence-corrected chi connectivity index (χ3v) is 6.09. The Labute approximate surface area is 161 Å². The van der Waals surface area contributed by atoms with Crippen molar-refractivity contribution in [1.82, 2.24) is 9.46 Å². The maximum Gasteiger partial charge on any atom is 0.338 e. The number of esters is 1. The molecule has 3 rings (SSSR count). The number of nitrogens with one attached hydrogen (secondary N) is 1. The van der Waals surface area contributed by atoms with E-state index in [-0.39, 0.29) is 29.4 Å². The van der Waals surface area contributed by atoms with Gasteiger partial charge in [-0.25, -0.2) is 13.2 Å². The van der Waals surface area contributed by atoms with E-state index in [9.17, 15) is 18.0 Å². The summed E-state index contributed by atoms with van der Waals surface area (Å²) in [4.78, 5) is 24.0. The summed E-state index contributed by atoms with van der Waals surface area (Å²) in [6, 6.07) is 5.67. The van der Waals surface area contributed by atoms with Crippen LogP contribution in [-0.4, -0.2) is 62.7 Å². The van der Waals surface area contributed by atoms with Gasteiger partial charge in [0.2, 0.25) is 10.0 Å². The molecule has 0 radical (unpaired) electrons. The summed E-state index contributed by atoms with van der Waals surface area (Å²) >= 11 is 0. The third kappa shape index (κ3) is 4.55. The zero-order valence-corrected chi connectivity index (χ0v) is 15.9. The fourth-order valence-corrected chi connectivity index (χ4v) is 4.26. The first-order chi connectivity index (χ1) is 13.4. The molecule has 1 aromatic carbocycles. The van der Waals surface area contributed by atoms with Crippen molar-refractivity contribution in [2.45, 2.75) is 11.8 Å². The van der Waals surface area contributed by atoms with Gasteiger partial charge in [-0.15, -0.1) is 0 Å². The maximum absolute atomic E-state index is 12.9. The van der Waals surface area contributed by atoms with Gasteiger partial charge in [-0.1, -0.05) is 11.2 Å². The molecule has 0 saturated carbocycles. The molecule has 1 saturated heterocycles. The van der Waals surface area contributed by atoms with Crippen LogP contribution in [0.5, 0.6) is 0 Å². The number of morpholine rings is 1. The number of rotatable bonds is 6. The van der Waals surface area contributed by atoms with E-state index in [2.05, 4.69) is 15.0 Å². The Morgan fingerprint density at radius 1 is 1.25 bits per heavy atom. The zero-order chi connectivity index (χ0) is 20.1. The number of carbonyl (C=O) groups excluding carboxylic acids is 2. The molecule has 0 aliphatic carbocycles. The summed E-state index contributed by atoms with van der Waals surface area (Å²) in [5, 5.41) is 5.89. The molecule has 1 aliphatic rings. The fourth-order valence-electron chi connectivity index (χ4n) is 2.60. The van der Waals surface area contributed by atoms with Crippen molar-refractivity contribution < 1.29 is 32.0 Å². The molecule has 1 aromatic heterocycles. The number of aromatic nitrogens is 1. The second kappa shape index (κ2) is 8.50. The number of sulfonamides is 1. The lowest BCUT2D eigenvalue weighted by atomic mass is 10.1. The summed E-state index contributed by atoms with van der Waals surface area (Å²) in [6.45, 7) is 2.23. The summed E-state index contributed by atoms with van der Waals surface area (Å²) in [5.74, 6) is -1.22. The van der Waals surface area contributed by atoms with Gasteiger partial charge in [0.25, 0.3) is 5.91 Å². The zero-order valence-electron chi connectivity index (χ0n) is 15.1. The van der Waals surface area contributed by atoms with Crippen LogP contribution in [0.3, 0.4) is 0 Å². The number of anilines is 1. The van der Waals surface area contributed by atoms with Gasteiger partial charge in [-0.05, 0) is 24.6 Å². The first-order valence-electron chi connectivity index (χ1n) is 8.44. The van der Waals surface area contributed by atoms with Gasteiger partial charge in [0.1, 0.15) is 6.26 Å². The van der Waals surface area contributed by atoms with Gasteiger partial charge in [0.15, 0.2) is 12.4 Å². The van der Waals surface area contributed by atoms with Crippen LogP contribution in [0, 0.1) is 6.92 Å². The number of hydrogen-bond donors (Lipinski definition) is 1. The minimum Gasteiger partial charge on any atom is -0.452 e. The first-order valence-corrected chi connectivity index (χ1v) is 9.88. The average molecular weight is 409 g/mol. The molecular weight excluding hydrogens is 390 g/mol. The monoisotopic (exact) mass is 409 g/mol. The SMILES string of the molecule is Cc1ccc(C(=O)OCC(=O)Nc2ccon2)cc1S(=O)(=O)N1CCOCC1. The Morgan fingerprint density at radius 2 is 2.00 bits per heavy atom. The standard InChI is InChI=1S/C17H19N3O7S/c1-12-2-3-13(10-14(12)28(23,24)20-5-8-25-9-6-20)17(22)26-11-16(21)18-15-4-7-27-19-15/h2-4,7,10H,5-6,8-9,11H2,1H3,(H,18,19,21). The topological polar surface area (TPSA) is 128 Å². The first kappa shape index (κ1) is 20.0. The van der Waals surface area contributed by atoms with Crippen LogP contribution in [0.2, 0.25) is 0 Å². The van der Waals surface area contributed by atoms with Crippen molar-refractivity contribution in [2.24, 2.45) is 0 Å². The van der Waals surface area contributed by atoms with Crippen LogP contribution >= 0.6 is 0 Å². The predicted octanol–water partition coefficient (Wildman–Crippen LogP) is 0.799. The Balaban J connectivity index is 1.69. The van der Waals surface area contributed by atoms with E-state index >= 15 is 0 Å². The highest BCUT2D eigenvalue weighted by Gasteiger charge is 2.28. The highest BCUT2D eigenvalue weighted by atomic mass is 32.2. The molecule has 2 aromatic rings. The molecule has 2 heterocycles. The van der Waals surface area contributed by atoms with Crippen LogP contribution in [0.25, 0.3) is 0 Å². The van der Waals surface area contributed by atoms with Crippen molar-refractivity contribution >= 4 is 27.7 Å². The van der Waals surface area contributed by atoms with Crippen LogP contribution in [-0.2, 0) is 24.3 Å². The Kier molecular flexibility index (Phi) is 6.07. The van der Waals surface area contributed by atoms with E-state index in [1.54, 1.807) is 6.92 Å². The van der Waals surface area contributed by atoms with Gasteiger partial charge in [0.05, 0.1) is 23.7 Å². The Bertz CT molecular complexity index is 951. The van der Waals surface area contributed by atoms with Gasteiger partial charge in [-0.3, -0.25) is 4.79 Å². The summed E-state index contributed by atoms with van der Waals surface area (Å²) in [6.07, 6.45) is 1.28. The third-order valence-electron chi connectivity index (χ3n) is 4.05. The van der Waals surface area contributed by atoms with Gasteiger partial charge in [-0.2, -0.15) is 4.31 Å². The molecule has 0 atom stereocenters. The molecule has 0 spiro atoms. The number of benzene rings is 1. The quantitative estimate of drug-likeness (QED) is 0.694. The van der Waals surface area contributed by atoms with E-state index in [1.165, 1.54) is 34.8 Å². The molecule has 1 amide bonds. The highest BCUT2D eigenvalue weighted by molar-refractivity contribution is 7.89. The van der Waals surface area contributed by atoms with Crippen LogP contribution in [0.4, 0.5) is 5.82 Å². The van der Waals surface area contributed by atoms with E-state index in [4.69, 9.17) is 9.47 Å². The van der Waals surface area contributed by atoms with Crippen LogP contribution < -0.4 is 5.32 Å². The summed E-state index contributed by atoms with van der Waals surface area (Å²) in [7, 11) is -3.77. The maximum atomic E-state index is 12.9. The summed E-state index contributed by atoms with van der Waals surface area (Å²) < 4.78 is 41.8. The summed E-state index contributed by atoms with van der Waals surface area (Å²) in [5.41, 5.74) is 0.540. The number of hydrogen-bond acceptors (Lipinski definition) is 8. The molecular formula is C17H19N3O7S. The van der Waals surface area contributed by atoms with Gasteiger partial charge >= 0.3 is 5.97 Å².